The van der Waals surface area contributed by atoms with Gasteiger partial charge in [-0.1, -0.05) is 6.42 Å². The van der Waals surface area contributed by atoms with E-state index >= 15 is 0 Å². The first-order valence-electron chi connectivity index (χ1n) is 3.58. The summed E-state index contributed by atoms with van der Waals surface area (Å²) in [5.74, 6) is 1.39. The van der Waals surface area contributed by atoms with E-state index in [9.17, 15) is 0 Å². The first kappa shape index (κ1) is 8.25. The molecule has 0 aromatic rings. The molecule has 1 aliphatic heterocycles. The van der Waals surface area contributed by atoms with E-state index in [1.807, 2.05) is 0 Å². The van der Waals surface area contributed by atoms with Crippen molar-refractivity contribution < 1.29 is 0 Å². The molecule has 1 saturated heterocycles. The van der Waals surface area contributed by atoms with Crippen LogP contribution in [-0.4, -0.2) is 22.7 Å². The molecule has 0 amide bonds. The van der Waals surface area contributed by atoms with Gasteiger partial charge in [0.25, 0.3) is 0 Å². The van der Waals surface area contributed by atoms with Crippen molar-refractivity contribution in [3.05, 3.63) is 0 Å². The van der Waals surface area contributed by atoms with Gasteiger partial charge in [0.1, 0.15) is 0 Å². The lowest BCUT2D eigenvalue weighted by molar-refractivity contribution is 0.706. The smallest absolute Gasteiger partial charge is 0.0584 e. The minimum absolute atomic E-state index is 0.876. The molecule has 0 bridgehead atoms. The summed E-state index contributed by atoms with van der Waals surface area (Å²) in [7, 11) is 0. The summed E-state index contributed by atoms with van der Waals surface area (Å²) in [6.07, 6.45) is 3.86. The van der Waals surface area contributed by atoms with Crippen LogP contribution in [-0.2, 0) is 0 Å². The highest BCUT2D eigenvalue weighted by Gasteiger charge is 2.20. The van der Waals surface area contributed by atoms with Gasteiger partial charge in [0, 0.05) is 17.5 Å². The van der Waals surface area contributed by atoms with Crippen LogP contribution in [0.1, 0.15) is 19.3 Å². The van der Waals surface area contributed by atoms with E-state index in [4.69, 9.17) is 0 Å². The van der Waals surface area contributed by atoms with E-state index in [2.05, 4.69) is 34.1 Å². The van der Waals surface area contributed by atoms with E-state index in [0.717, 1.165) is 11.8 Å². The Morgan fingerprint density at radius 1 is 1.60 bits per heavy atom. The van der Waals surface area contributed by atoms with Crippen LogP contribution in [0.3, 0.4) is 0 Å². The van der Waals surface area contributed by atoms with Gasteiger partial charge in [-0.05, 0) is 25.1 Å². The van der Waals surface area contributed by atoms with Crippen molar-refractivity contribution in [3.63, 3.8) is 0 Å². The standard InChI is InChI=1S/C7H11NS2/c9-6-8-4-2-1-3-7-5-10-7/h7H,1-5H2. The lowest BCUT2D eigenvalue weighted by Gasteiger charge is -1.92. The van der Waals surface area contributed by atoms with Crippen LogP contribution in [0.5, 0.6) is 0 Å². The highest BCUT2D eigenvalue weighted by molar-refractivity contribution is 8.06. The molecule has 0 aromatic carbocycles. The normalized spacial score (nSPS) is 21.8. The Morgan fingerprint density at radius 2 is 2.40 bits per heavy atom. The third-order valence-electron chi connectivity index (χ3n) is 1.51. The van der Waals surface area contributed by atoms with Crippen molar-refractivity contribution in [2.24, 2.45) is 4.99 Å². The Kier molecular flexibility index (Phi) is 4.03. The zero-order valence-electron chi connectivity index (χ0n) is 5.88. The summed E-state index contributed by atoms with van der Waals surface area (Å²) >= 11 is 6.51. The Morgan fingerprint density at radius 3 is 3.00 bits per heavy atom. The first-order chi connectivity index (χ1) is 4.93. The number of rotatable bonds is 5. The van der Waals surface area contributed by atoms with Crippen LogP contribution < -0.4 is 0 Å². The largest absolute Gasteiger partial charge is 0.233 e. The molecule has 1 unspecified atom stereocenters. The van der Waals surface area contributed by atoms with Crippen LogP contribution in [0.4, 0.5) is 0 Å². The average Bonchev–Trinajstić information content (AvgIpc) is 2.71. The SMILES string of the molecule is S=C=NCCCCC1CS1. The van der Waals surface area contributed by atoms with Gasteiger partial charge in [-0.2, -0.15) is 11.8 Å². The fourth-order valence-corrected chi connectivity index (χ4v) is 1.57. The van der Waals surface area contributed by atoms with E-state index in [1.54, 1.807) is 0 Å². The van der Waals surface area contributed by atoms with Crippen LogP contribution in [0.15, 0.2) is 4.99 Å². The third kappa shape index (κ3) is 4.04. The lowest BCUT2D eigenvalue weighted by Crippen LogP contribution is -1.85. The molecule has 1 rings (SSSR count). The van der Waals surface area contributed by atoms with Gasteiger partial charge in [0.15, 0.2) is 0 Å². The van der Waals surface area contributed by atoms with E-state index in [1.165, 1.54) is 25.0 Å². The molecular weight excluding hydrogens is 162 g/mol. The van der Waals surface area contributed by atoms with Gasteiger partial charge < -0.3 is 0 Å². The van der Waals surface area contributed by atoms with E-state index in [-0.39, 0.29) is 0 Å². The maximum absolute atomic E-state index is 4.44. The lowest BCUT2D eigenvalue weighted by atomic mass is 10.2. The molecule has 0 aliphatic carbocycles. The number of unbranched alkanes of at least 4 members (excludes halogenated alkanes) is 1. The van der Waals surface area contributed by atoms with Crippen LogP contribution in [0, 0.1) is 0 Å². The molecule has 10 heavy (non-hydrogen) atoms. The van der Waals surface area contributed by atoms with Crippen LogP contribution >= 0.6 is 24.0 Å². The van der Waals surface area contributed by atoms with Crippen molar-refractivity contribution in [1.29, 1.82) is 0 Å². The third-order valence-corrected chi connectivity index (χ3v) is 2.68. The van der Waals surface area contributed by atoms with E-state index in [0.29, 0.717) is 0 Å². The Bertz CT molecular complexity index is 137. The molecule has 0 aromatic heterocycles. The highest BCUT2D eigenvalue weighted by atomic mass is 32.2. The second-order valence-corrected chi connectivity index (χ2v) is 3.94. The Labute approximate surface area is 71.3 Å². The molecule has 1 fully saturated rings. The van der Waals surface area contributed by atoms with Crippen molar-refractivity contribution in [2.75, 3.05) is 12.3 Å². The fourth-order valence-electron chi connectivity index (χ4n) is 0.843. The molecule has 0 radical (unpaired) electrons. The summed E-state index contributed by atoms with van der Waals surface area (Å²) in [4.78, 5) is 3.85. The number of hydrogen-bond donors (Lipinski definition) is 0. The van der Waals surface area contributed by atoms with Gasteiger partial charge in [0.05, 0.1) is 5.16 Å². The fraction of sp³-hybridized carbons (Fsp3) is 0.857. The number of aliphatic imine (C=N–C) groups is 1. The van der Waals surface area contributed by atoms with Crippen molar-refractivity contribution in [3.8, 4) is 0 Å². The topological polar surface area (TPSA) is 12.4 Å². The maximum Gasteiger partial charge on any atom is 0.0584 e. The van der Waals surface area contributed by atoms with Gasteiger partial charge in [0.2, 0.25) is 0 Å². The molecular formula is C7H11NS2. The second-order valence-electron chi connectivity index (χ2n) is 2.42. The number of hydrogen-bond acceptors (Lipinski definition) is 3. The predicted octanol–water partition coefficient (Wildman–Crippen LogP) is 2.37. The number of thioether (sulfide) groups is 1. The second kappa shape index (κ2) is 4.89. The van der Waals surface area contributed by atoms with Gasteiger partial charge >= 0.3 is 0 Å². The predicted molar refractivity (Wildman–Crippen MR) is 50.0 cm³/mol. The minimum Gasteiger partial charge on any atom is -0.233 e. The van der Waals surface area contributed by atoms with Crippen molar-refractivity contribution in [1.82, 2.24) is 0 Å². The molecule has 3 heteroatoms. The van der Waals surface area contributed by atoms with Crippen molar-refractivity contribution >= 4 is 29.1 Å². The van der Waals surface area contributed by atoms with Gasteiger partial charge in [-0.3, -0.25) is 0 Å². The molecule has 1 atom stereocenters. The van der Waals surface area contributed by atoms with E-state index < -0.39 is 0 Å². The summed E-state index contributed by atoms with van der Waals surface area (Å²) < 4.78 is 0. The molecule has 0 saturated carbocycles. The molecule has 0 N–H and O–H groups in total. The molecule has 1 nitrogen and oxygen atoms in total. The maximum atomic E-state index is 4.44. The zero-order valence-corrected chi connectivity index (χ0v) is 7.51. The number of thiocarbonyl (C=S) groups is 1. The highest BCUT2D eigenvalue weighted by Crippen LogP contribution is 2.34. The van der Waals surface area contributed by atoms with Crippen LogP contribution in [0.25, 0.3) is 0 Å². The average molecular weight is 173 g/mol. The Hall–Kier alpha value is 0.150. The molecule has 56 valence electrons. The summed E-state index contributed by atoms with van der Waals surface area (Å²) in [5, 5.41) is 3.36. The summed E-state index contributed by atoms with van der Waals surface area (Å²) in [6.45, 7) is 0.876. The zero-order chi connectivity index (χ0) is 7.23. The minimum atomic E-state index is 0.876. The number of isothiocyanates is 1. The molecule has 1 heterocycles. The van der Waals surface area contributed by atoms with Crippen molar-refractivity contribution in [2.45, 2.75) is 24.5 Å². The molecule has 1 aliphatic rings. The summed E-state index contributed by atoms with van der Waals surface area (Å²) in [5.41, 5.74) is 0. The van der Waals surface area contributed by atoms with Gasteiger partial charge in [-0.15, -0.1) is 0 Å². The van der Waals surface area contributed by atoms with Gasteiger partial charge in [-0.25, -0.2) is 4.99 Å². The first-order valence-corrected chi connectivity index (χ1v) is 5.04. The summed E-state index contributed by atoms with van der Waals surface area (Å²) in [6, 6.07) is 0. The monoisotopic (exact) mass is 173 g/mol. The molecule has 0 spiro atoms. The van der Waals surface area contributed by atoms with Crippen LogP contribution in [0.2, 0.25) is 0 Å². The Balaban J connectivity index is 1.80. The number of nitrogens with zero attached hydrogens (tertiary/aromatic N) is 1. The quantitative estimate of drug-likeness (QED) is 0.274.